The summed E-state index contributed by atoms with van der Waals surface area (Å²) in [7, 11) is 0. The van der Waals surface area contributed by atoms with Crippen molar-refractivity contribution in [1.82, 2.24) is 5.16 Å². The minimum Gasteiger partial charge on any atom is -0.372 e. The van der Waals surface area contributed by atoms with Crippen LogP contribution in [0.2, 0.25) is 0 Å². The Morgan fingerprint density at radius 1 is 1.06 bits per heavy atom. The van der Waals surface area contributed by atoms with Crippen molar-refractivity contribution in [3.63, 3.8) is 0 Å². The van der Waals surface area contributed by atoms with Gasteiger partial charge < -0.3 is 9.42 Å². The largest absolute Gasteiger partial charge is 0.372 e. The van der Waals surface area contributed by atoms with E-state index in [2.05, 4.69) is 48.2 Å². The summed E-state index contributed by atoms with van der Waals surface area (Å²) in [6.07, 6.45) is 1.59. The van der Waals surface area contributed by atoms with Crippen molar-refractivity contribution in [2.75, 3.05) is 18.0 Å². The summed E-state index contributed by atoms with van der Waals surface area (Å²) in [5, 5.41) is 3.91. The van der Waals surface area contributed by atoms with Crippen LogP contribution in [0.1, 0.15) is 13.8 Å². The van der Waals surface area contributed by atoms with Gasteiger partial charge in [-0.2, -0.15) is 0 Å². The highest BCUT2D eigenvalue weighted by Gasteiger charge is 2.03. The Morgan fingerprint density at radius 3 is 2.25 bits per heavy atom. The van der Waals surface area contributed by atoms with Gasteiger partial charge in [0, 0.05) is 30.4 Å². The monoisotopic (exact) mass is 216 g/mol. The lowest BCUT2D eigenvalue weighted by Gasteiger charge is -2.20. The molecule has 2 aromatic rings. The molecule has 0 saturated heterocycles. The third-order valence-electron chi connectivity index (χ3n) is 2.73. The molecule has 0 aliphatic heterocycles. The van der Waals surface area contributed by atoms with E-state index in [1.54, 1.807) is 6.26 Å². The Morgan fingerprint density at radius 2 is 1.75 bits per heavy atom. The summed E-state index contributed by atoms with van der Waals surface area (Å²) in [5.41, 5.74) is 3.22. The lowest BCUT2D eigenvalue weighted by molar-refractivity contribution is 0.422. The van der Waals surface area contributed by atoms with Gasteiger partial charge in [0.25, 0.3) is 0 Å². The second-order valence-corrected chi connectivity index (χ2v) is 3.60. The van der Waals surface area contributed by atoms with Crippen LogP contribution in [0, 0.1) is 0 Å². The van der Waals surface area contributed by atoms with Gasteiger partial charge in [0.2, 0.25) is 0 Å². The number of benzene rings is 1. The number of nitrogens with zero attached hydrogens (tertiary/aromatic N) is 2. The third kappa shape index (κ3) is 2.08. The first kappa shape index (κ1) is 10.7. The minimum atomic E-state index is 0.881. The van der Waals surface area contributed by atoms with Crippen LogP contribution in [0.15, 0.2) is 41.1 Å². The number of anilines is 1. The van der Waals surface area contributed by atoms with Gasteiger partial charge in [0.1, 0.15) is 12.0 Å². The third-order valence-corrected chi connectivity index (χ3v) is 2.73. The van der Waals surface area contributed by atoms with E-state index in [1.165, 1.54) is 5.69 Å². The number of hydrogen-bond acceptors (Lipinski definition) is 3. The summed E-state index contributed by atoms with van der Waals surface area (Å²) >= 11 is 0. The molecule has 0 radical (unpaired) electrons. The molecule has 1 heterocycles. The first-order valence-corrected chi connectivity index (χ1v) is 5.61. The SMILES string of the molecule is CCN(CC)c1ccc(-c2ccon2)cc1. The van der Waals surface area contributed by atoms with Gasteiger partial charge >= 0.3 is 0 Å². The maximum Gasteiger partial charge on any atom is 0.124 e. The molecule has 16 heavy (non-hydrogen) atoms. The molecule has 0 fully saturated rings. The summed E-state index contributed by atoms with van der Waals surface area (Å²) < 4.78 is 4.83. The van der Waals surface area contributed by atoms with Crippen LogP contribution in [-0.2, 0) is 0 Å². The highest BCUT2D eigenvalue weighted by atomic mass is 16.5. The molecule has 3 nitrogen and oxygen atoms in total. The molecule has 2 rings (SSSR count). The van der Waals surface area contributed by atoms with Crippen LogP contribution < -0.4 is 4.90 Å². The van der Waals surface area contributed by atoms with Gasteiger partial charge in [-0.25, -0.2) is 0 Å². The first-order chi connectivity index (χ1) is 7.85. The lowest BCUT2D eigenvalue weighted by Crippen LogP contribution is -2.21. The average molecular weight is 216 g/mol. The molecule has 0 aliphatic rings. The van der Waals surface area contributed by atoms with Gasteiger partial charge in [-0.15, -0.1) is 0 Å². The van der Waals surface area contributed by atoms with E-state index in [4.69, 9.17) is 4.52 Å². The molecule has 0 aliphatic carbocycles. The molecule has 1 aromatic carbocycles. The summed E-state index contributed by atoms with van der Waals surface area (Å²) in [6.45, 7) is 6.38. The number of rotatable bonds is 4. The van der Waals surface area contributed by atoms with Crippen molar-refractivity contribution in [2.24, 2.45) is 0 Å². The lowest BCUT2D eigenvalue weighted by atomic mass is 10.1. The van der Waals surface area contributed by atoms with E-state index in [1.807, 2.05) is 6.07 Å². The molecule has 0 spiro atoms. The van der Waals surface area contributed by atoms with Crippen molar-refractivity contribution in [1.29, 1.82) is 0 Å². The number of aromatic nitrogens is 1. The van der Waals surface area contributed by atoms with E-state index in [0.29, 0.717) is 0 Å². The van der Waals surface area contributed by atoms with E-state index >= 15 is 0 Å². The van der Waals surface area contributed by atoms with E-state index in [0.717, 1.165) is 24.3 Å². The Hall–Kier alpha value is -1.77. The zero-order valence-corrected chi connectivity index (χ0v) is 9.68. The molecule has 84 valence electrons. The molecule has 0 saturated carbocycles. The molecular weight excluding hydrogens is 200 g/mol. The molecule has 0 amide bonds. The van der Waals surface area contributed by atoms with Crippen LogP contribution in [0.4, 0.5) is 5.69 Å². The van der Waals surface area contributed by atoms with Crippen molar-refractivity contribution in [2.45, 2.75) is 13.8 Å². The predicted octanol–water partition coefficient (Wildman–Crippen LogP) is 3.19. The maximum absolute atomic E-state index is 4.83. The maximum atomic E-state index is 4.83. The second kappa shape index (κ2) is 4.84. The average Bonchev–Trinajstić information content (AvgIpc) is 2.85. The fourth-order valence-electron chi connectivity index (χ4n) is 1.79. The molecule has 3 heteroatoms. The van der Waals surface area contributed by atoms with Gasteiger partial charge in [-0.3, -0.25) is 0 Å². The summed E-state index contributed by atoms with van der Waals surface area (Å²) in [5.74, 6) is 0. The Labute approximate surface area is 95.7 Å². The Kier molecular flexibility index (Phi) is 3.25. The fourth-order valence-corrected chi connectivity index (χ4v) is 1.79. The molecule has 0 N–H and O–H groups in total. The second-order valence-electron chi connectivity index (χ2n) is 3.60. The normalized spacial score (nSPS) is 10.4. The molecule has 1 aromatic heterocycles. The number of hydrogen-bond donors (Lipinski definition) is 0. The van der Waals surface area contributed by atoms with E-state index in [-0.39, 0.29) is 0 Å². The highest BCUT2D eigenvalue weighted by molar-refractivity contribution is 5.62. The van der Waals surface area contributed by atoms with Gasteiger partial charge in [-0.05, 0) is 26.0 Å². The Balaban J connectivity index is 2.22. The van der Waals surface area contributed by atoms with Crippen molar-refractivity contribution >= 4 is 5.69 Å². The van der Waals surface area contributed by atoms with Gasteiger partial charge in [0.15, 0.2) is 0 Å². The van der Waals surface area contributed by atoms with E-state index in [9.17, 15) is 0 Å². The molecule has 0 unspecified atom stereocenters. The van der Waals surface area contributed by atoms with Crippen LogP contribution in [-0.4, -0.2) is 18.2 Å². The van der Waals surface area contributed by atoms with Crippen LogP contribution in [0.3, 0.4) is 0 Å². The minimum absolute atomic E-state index is 0.881. The van der Waals surface area contributed by atoms with E-state index < -0.39 is 0 Å². The fraction of sp³-hybridized carbons (Fsp3) is 0.308. The van der Waals surface area contributed by atoms with Crippen molar-refractivity contribution in [3.05, 3.63) is 36.6 Å². The van der Waals surface area contributed by atoms with Crippen LogP contribution in [0.25, 0.3) is 11.3 Å². The van der Waals surface area contributed by atoms with Gasteiger partial charge in [-0.1, -0.05) is 17.3 Å². The molecule has 0 bridgehead atoms. The zero-order chi connectivity index (χ0) is 11.4. The van der Waals surface area contributed by atoms with Crippen molar-refractivity contribution in [3.8, 4) is 11.3 Å². The molecule has 0 atom stereocenters. The van der Waals surface area contributed by atoms with Crippen molar-refractivity contribution < 1.29 is 4.52 Å². The Bertz CT molecular complexity index is 416. The standard InChI is InChI=1S/C13H16N2O/c1-3-15(4-2)12-7-5-11(6-8-12)13-9-10-16-14-13/h5-10H,3-4H2,1-2H3. The predicted molar refractivity (Wildman–Crippen MR) is 65.5 cm³/mol. The first-order valence-electron chi connectivity index (χ1n) is 5.61. The summed E-state index contributed by atoms with van der Waals surface area (Å²) in [6, 6.07) is 10.3. The zero-order valence-electron chi connectivity index (χ0n) is 9.68. The smallest absolute Gasteiger partial charge is 0.124 e. The topological polar surface area (TPSA) is 29.3 Å². The summed E-state index contributed by atoms with van der Waals surface area (Å²) in [4.78, 5) is 2.31. The van der Waals surface area contributed by atoms with Crippen LogP contribution in [0.5, 0.6) is 0 Å². The van der Waals surface area contributed by atoms with Crippen LogP contribution >= 0.6 is 0 Å². The molecular formula is C13H16N2O. The quantitative estimate of drug-likeness (QED) is 0.786. The highest BCUT2D eigenvalue weighted by Crippen LogP contribution is 2.21. The van der Waals surface area contributed by atoms with Gasteiger partial charge in [0.05, 0.1) is 0 Å².